The zero-order chi connectivity index (χ0) is 8.39. The Balaban J connectivity index is 1.66. The fraction of sp³-hybridized carbons (Fsp3) is 1.00. The molecule has 2 fully saturated rings. The molecule has 2 aliphatic rings. The number of rotatable bonds is 6. The van der Waals surface area contributed by atoms with Gasteiger partial charge in [-0.15, -0.1) is 0 Å². The maximum atomic E-state index is 5.68. The first-order valence-corrected chi connectivity index (χ1v) is 4.76. The van der Waals surface area contributed by atoms with Crippen molar-refractivity contribution in [3.63, 3.8) is 0 Å². The molecular formula is C9H16O3. The molecule has 0 aromatic heterocycles. The molecule has 3 heteroatoms. The first kappa shape index (κ1) is 8.48. The Morgan fingerprint density at radius 1 is 1.33 bits per heavy atom. The van der Waals surface area contributed by atoms with Gasteiger partial charge < -0.3 is 14.2 Å². The summed E-state index contributed by atoms with van der Waals surface area (Å²) in [5.41, 5.74) is 0. The topological polar surface area (TPSA) is 34.3 Å². The van der Waals surface area contributed by atoms with E-state index in [1.54, 1.807) is 0 Å². The van der Waals surface area contributed by atoms with Gasteiger partial charge in [-0.25, -0.2) is 0 Å². The standard InChI is InChI=1S/C9H16O3/c1-2-3-4-10-9(7-5-11-7)8-6-12-8/h7-9H,2-6H2,1H3. The fourth-order valence-electron chi connectivity index (χ4n) is 1.31. The van der Waals surface area contributed by atoms with Crippen molar-refractivity contribution in [3.05, 3.63) is 0 Å². The predicted molar refractivity (Wildman–Crippen MR) is 44.1 cm³/mol. The zero-order valence-electron chi connectivity index (χ0n) is 7.49. The largest absolute Gasteiger partial charge is 0.373 e. The lowest BCUT2D eigenvalue weighted by Crippen LogP contribution is -2.26. The predicted octanol–water partition coefficient (Wildman–Crippen LogP) is 0.969. The summed E-state index contributed by atoms with van der Waals surface area (Å²) in [6.07, 6.45) is 3.19. The molecule has 0 amide bonds. The SMILES string of the molecule is CCCCOC(C1CO1)C1CO1. The van der Waals surface area contributed by atoms with Crippen LogP contribution in [0.4, 0.5) is 0 Å². The third kappa shape index (κ3) is 2.19. The maximum Gasteiger partial charge on any atom is 0.114 e. The van der Waals surface area contributed by atoms with Gasteiger partial charge in [0, 0.05) is 6.61 Å². The molecule has 0 saturated carbocycles. The average molecular weight is 172 g/mol. The van der Waals surface area contributed by atoms with Crippen molar-refractivity contribution in [1.82, 2.24) is 0 Å². The van der Waals surface area contributed by atoms with Crippen molar-refractivity contribution in [3.8, 4) is 0 Å². The summed E-state index contributed by atoms with van der Waals surface area (Å²) in [5, 5.41) is 0. The van der Waals surface area contributed by atoms with E-state index in [1.165, 1.54) is 6.42 Å². The van der Waals surface area contributed by atoms with Gasteiger partial charge in [0.1, 0.15) is 18.3 Å². The second-order valence-corrected chi connectivity index (χ2v) is 3.43. The van der Waals surface area contributed by atoms with Gasteiger partial charge in [-0.1, -0.05) is 13.3 Å². The molecule has 3 nitrogen and oxygen atoms in total. The summed E-state index contributed by atoms with van der Waals surface area (Å²) in [5.74, 6) is 0. The Morgan fingerprint density at radius 2 is 1.92 bits per heavy atom. The maximum absolute atomic E-state index is 5.68. The Labute approximate surface area is 73.0 Å². The lowest BCUT2D eigenvalue weighted by Gasteiger charge is -2.12. The molecule has 0 N–H and O–H groups in total. The first-order chi connectivity index (χ1) is 5.92. The van der Waals surface area contributed by atoms with Gasteiger partial charge in [0.25, 0.3) is 0 Å². The third-order valence-corrected chi connectivity index (χ3v) is 2.26. The number of unbranched alkanes of at least 4 members (excludes halogenated alkanes) is 1. The lowest BCUT2D eigenvalue weighted by atomic mass is 10.2. The molecule has 70 valence electrons. The Hall–Kier alpha value is -0.120. The summed E-state index contributed by atoms with van der Waals surface area (Å²) in [6.45, 7) is 4.73. The van der Waals surface area contributed by atoms with Gasteiger partial charge in [0.05, 0.1) is 13.2 Å². The minimum absolute atomic E-state index is 0.219. The molecule has 0 radical (unpaired) electrons. The van der Waals surface area contributed by atoms with E-state index in [-0.39, 0.29) is 6.10 Å². The fourth-order valence-corrected chi connectivity index (χ4v) is 1.31. The van der Waals surface area contributed by atoms with Crippen LogP contribution in [-0.4, -0.2) is 38.1 Å². The van der Waals surface area contributed by atoms with E-state index in [1.807, 2.05) is 0 Å². The molecule has 0 aromatic carbocycles. The van der Waals surface area contributed by atoms with Crippen molar-refractivity contribution < 1.29 is 14.2 Å². The van der Waals surface area contributed by atoms with E-state index in [4.69, 9.17) is 14.2 Å². The zero-order valence-corrected chi connectivity index (χ0v) is 7.49. The minimum Gasteiger partial charge on any atom is -0.373 e. The molecule has 12 heavy (non-hydrogen) atoms. The van der Waals surface area contributed by atoms with Gasteiger partial charge in [-0.3, -0.25) is 0 Å². The normalized spacial score (nSPS) is 34.8. The van der Waals surface area contributed by atoms with Crippen LogP contribution in [0.15, 0.2) is 0 Å². The molecule has 0 aliphatic carbocycles. The van der Waals surface area contributed by atoms with Crippen LogP contribution < -0.4 is 0 Å². The summed E-state index contributed by atoms with van der Waals surface area (Å²) in [6, 6.07) is 0. The highest BCUT2D eigenvalue weighted by Gasteiger charge is 2.45. The second-order valence-electron chi connectivity index (χ2n) is 3.43. The van der Waals surface area contributed by atoms with Crippen molar-refractivity contribution in [2.24, 2.45) is 0 Å². The Kier molecular flexibility index (Phi) is 2.63. The van der Waals surface area contributed by atoms with Crippen LogP contribution >= 0.6 is 0 Å². The second kappa shape index (κ2) is 3.73. The van der Waals surface area contributed by atoms with E-state index in [0.29, 0.717) is 12.2 Å². The molecule has 2 rings (SSSR count). The van der Waals surface area contributed by atoms with E-state index in [9.17, 15) is 0 Å². The lowest BCUT2D eigenvalue weighted by molar-refractivity contribution is 0.0136. The number of hydrogen-bond donors (Lipinski definition) is 0. The van der Waals surface area contributed by atoms with Crippen LogP contribution in [0.3, 0.4) is 0 Å². The molecular weight excluding hydrogens is 156 g/mol. The van der Waals surface area contributed by atoms with Crippen LogP contribution in [0.1, 0.15) is 19.8 Å². The van der Waals surface area contributed by atoms with Crippen LogP contribution in [0.2, 0.25) is 0 Å². The number of epoxide rings is 2. The molecule has 2 aliphatic heterocycles. The molecule has 0 aromatic rings. The minimum atomic E-state index is 0.219. The highest BCUT2D eigenvalue weighted by molar-refractivity contribution is 4.91. The number of ether oxygens (including phenoxy) is 3. The van der Waals surface area contributed by atoms with Gasteiger partial charge in [0.15, 0.2) is 0 Å². The Morgan fingerprint density at radius 3 is 2.33 bits per heavy atom. The van der Waals surface area contributed by atoms with Crippen LogP contribution in [-0.2, 0) is 14.2 Å². The van der Waals surface area contributed by atoms with Gasteiger partial charge in [-0.2, -0.15) is 0 Å². The van der Waals surface area contributed by atoms with Crippen LogP contribution in [0, 0.1) is 0 Å². The van der Waals surface area contributed by atoms with E-state index in [2.05, 4.69) is 6.92 Å². The van der Waals surface area contributed by atoms with E-state index in [0.717, 1.165) is 26.2 Å². The first-order valence-electron chi connectivity index (χ1n) is 4.76. The van der Waals surface area contributed by atoms with Crippen molar-refractivity contribution >= 4 is 0 Å². The summed E-state index contributed by atoms with van der Waals surface area (Å²) < 4.78 is 16.1. The average Bonchev–Trinajstić information content (AvgIpc) is 2.87. The highest BCUT2D eigenvalue weighted by Crippen LogP contribution is 2.27. The van der Waals surface area contributed by atoms with Crippen LogP contribution in [0.25, 0.3) is 0 Å². The molecule has 0 spiro atoms. The monoisotopic (exact) mass is 172 g/mol. The van der Waals surface area contributed by atoms with Gasteiger partial charge in [-0.05, 0) is 6.42 Å². The van der Waals surface area contributed by atoms with Gasteiger partial charge >= 0.3 is 0 Å². The van der Waals surface area contributed by atoms with E-state index < -0.39 is 0 Å². The molecule has 2 heterocycles. The summed E-state index contributed by atoms with van der Waals surface area (Å²) in [4.78, 5) is 0. The molecule has 2 atom stereocenters. The third-order valence-electron chi connectivity index (χ3n) is 2.26. The van der Waals surface area contributed by atoms with Crippen molar-refractivity contribution in [1.29, 1.82) is 0 Å². The molecule has 2 saturated heterocycles. The highest BCUT2D eigenvalue weighted by atomic mass is 16.6. The number of hydrogen-bond acceptors (Lipinski definition) is 3. The van der Waals surface area contributed by atoms with Crippen molar-refractivity contribution in [2.45, 2.75) is 38.1 Å². The van der Waals surface area contributed by atoms with E-state index >= 15 is 0 Å². The quantitative estimate of drug-likeness (QED) is 0.442. The molecule has 0 bridgehead atoms. The summed E-state index contributed by atoms with van der Waals surface area (Å²) in [7, 11) is 0. The molecule has 2 unspecified atom stereocenters. The smallest absolute Gasteiger partial charge is 0.114 e. The van der Waals surface area contributed by atoms with Crippen LogP contribution in [0.5, 0.6) is 0 Å². The van der Waals surface area contributed by atoms with Gasteiger partial charge in [0.2, 0.25) is 0 Å². The Bertz CT molecular complexity index is 129. The summed E-state index contributed by atoms with van der Waals surface area (Å²) >= 11 is 0. The van der Waals surface area contributed by atoms with Crippen molar-refractivity contribution in [2.75, 3.05) is 19.8 Å².